The van der Waals surface area contributed by atoms with Gasteiger partial charge in [-0.2, -0.15) is 5.10 Å². The normalized spacial score (nSPS) is 12.5. The molecule has 1 heterocycles. The number of carbonyl (C=O) groups excluding carboxylic acids is 1. The summed E-state index contributed by atoms with van der Waals surface area (Å²) in [4.78, 5) is 11.8. The fraction of sp³-hybridized carbons (Fsp3) is 0.714. The Bertz CT molecular complexity index is 427. The van der Waals surface area contributed by atoms with Crippen LogP contribution in [0.3, 0.4) is 0 Å². The van der Waals surface area contributed by atoms with Crippen LogP contribution in [-0.4, -0.2) is 28.9 Å². The minimum atomic E-state index is -0.0190. The second-order valence-electron chi connectivity index (χ2n) is 4.64. The summed E-state index contributed by atoms with van der Waals surface area (Å²) in [6, 6.07) is -0.0190. The van der Waals surface area contributed by atoms with E-state index in [1.165, 1.54) is 0 Å². The highest BCUT2D eigenvalue weighted by molar-refractivity contribution is 5.76. The number of hydrogen-bond donors (Lipinski definition) is 1. The molecule has 1 aromatic heterocycles. The molecule has 1 amide bonds. The van der Waals surface area contributed by atoms with Crippen LogP contribution in [0.15, 0.2) is 0 Å². The Morgan fingerprint density at radius 1 is 1.42 bits per heavy atom. The van der Waals surface area contributed by atoms with Crippen molar-refractivity contribution in [1.82, 2.24) is 15.1 Å². The highest BCUT2D eigenvalue weighted by Gasteiger charge is 2.18. The third-order valence-corrected chi connectivity index (χ3v) is 3.23. The van der Waals surface area contributed by atoms with E-state index in [0.717, 1.165) is 23.5 Å². The monoisotopic (exact) mass is 267 g/mol. The molecule has 0 fully saturated rings. The van der Waals surface area contributed by atoms with Crippen LogP contribution in [-0.2, 0) is 16.1 Å². The van der Waals surface area contributed by atoms with Gasteiger partial charge in [0.2, 0.25) is 5.91 Å². The lowest BCUT2D eigenvalue weighted by atomic mass is 10.1. The van der Waals surface area contributed by atoms with Gasteiger partial charge in [0.1, 0.15) is 0 Å². The first kappa shape index (κ1) is 15.7. The molecule has 0 aromatic carbocycles. The zero-order valence-corrected chi connectivity index (χ0v) is 12.6. The van der Waals surface area contributed by atoms with Crippen molar-refractivity contribution in [2.75, 3.05) is 13.2 Å². The molecule has 108 valence electrons. The standard InChI is InChI=1S/C14H25N3O2/c1-6-17-12(5)14(11(4)16-17)10(3)15-13(18)8-9-19-7-2/h10H,6-9H2,1-5H3,(H,15,18). The molecule has 0 aliphatic rings. The number of nitrogens with zero attached hydrogens (tertiary/aromatic N) is 2. The summed E-state index contributed by atoms with van der Waals surface area (Å²) >= 11 is 0. The number of hydrogen-bond acceptors (Lipinski definition) is 3. The molecule has 1 N–H and O–H groups in total. The second-order valence-corrected chi connectivity index (χ2v) is 4.64. The van der Waals surface area contributed by atoms with Crippen molar-refractivity contribution < 1.29 is 9.53 Å². The lowest BCUT2D eigenvalue weighted by Crippen LogP contribution is -2.28. The molecule has 1 rings (SSSR count). The fourth-order valence-corrected chi connectivity index (χ4v) is 2.34. The number of rotatable bonds is 7. The quantitative estimate of drug-likeness (QED) is 0.770. The average molecular weight is 267 g/mol. The Morgan fingerprint density at radius 2 is 2.11 bits per heavy atom. The molecule has 0 saturated carbocycles. The van der Waals surface area contributed by atoms with Gasteiger partial charge in [-0.25, -0.2) is 0 Å². The van der Waals surface area contributed by atoms with E-state index in [4.69, 9.17) is 4.74 Å². The molecule has 0 spiro atoms. The number of nitrogens with one attached hydrogen (secondary N) is 1. The maximum Gasteiger partial charge on any atom is 0.222 e. The lowest BCUT2D eigenvalue weighted by Gasteiger charge is -2.15. The van der Waals surface area contributed by atoms with Crippen LogP contribution in [0.25, 0.3) is 0 Å². The molecule has 5 heteroatoms. The van der Waals surface area contributed by atoms with Gasteiger partial charge in [0.15, 0.2) is 0 Å². The van der Waals surface area contributed by atoms with Gasteiger partial charge in [-0.05, 0) is 34.6 Å². The smallest absolute Gasteiger partial charge is 0.222 e. The van der Waals surface area contributed by atoms with Gasteiger partial charge in [0, 0.05) is 30.8 Å². The number of carbonyl (C=O) groups is 1. The Morgan fingerprint density at radius 3 is 2.63 bits per heavy atom. The van der Waals surface area contributed by atoms with Crippen molar-refractivity contribution in [3.8, 4) is 0 Å². The predicted molar refractivity (Wildman–Crippen MR) is 75.0 cm³/mol. The van der Waals surface area contributed by atoms with E-state index in [1.54, 1.807) is 0 Å². The molecule has 1 unspecified atom stereocenters. The van der Waals surface area contributed by atoms with Crippen molar-refractivity contribution in [2.45, 2.75) is 53.6 Å². The summed E-state index contributed by atoms with van der Waals surface area (Å²) < 4.78 is 7.15. The van der Waals surface area contributed by atoms with E-state index in [0.29, 0.717) is 19.6 Å². The number of aryl methyl sites for hydroxylation is 2. The summed E-state index contributed by atoms with van der Waals surface area (Å²) in [5.41, 5.74) is 3.22. The number of amides is 1. The Balaban J connectivity index is 2.65. The van der Waals surface area contributed by atoms with Crippen molar-refractivity contribution in [2.24, 2.45) is 0 Å². The lowest BCUT2D eigenvalue weighted by molar-refractivity contribution is -0.122. The fourth-order valence-electron chi connectivity index (χ4n) is 2.34. The second kappa shape index (κ2) is 7.28. The van der Waals surface area contributed by atoms with Crippen LogP contribution in [0.1, 0.15) is 50.2 Å². The maximum absolute atomic E-state index is 11.8. The third-order valence-electron chi connectivity index (χ3n) is 3.23. The van der Waals surface area contributed by atoms with Gasteiger partial charge >= 0.3 is 0 Å². The minimum Gasteiger partial charge on any atom is -0.381 e. The van der Waals surface area contributed by atoms with Crippen LogP contribution in [0.5, 0.6) is 0 Å². The van der Waals surface area contributed by atoms with Crippen molar-refractivity contribution in [1.29, 1.82) is 0 Å². The SMILES string of the molecule is CCOCCC(=O)NC(C)c1c(C)nn(CC)c1C. The molecule has 0 aliphatic heterocycles. The molecule has 1 aromatic rings. The zero-order valence-electron chi connectivity index (χ0n) is 12.6. The van der Waals surface area contributed by atoms with E-state index in [-0.39, 0.29) is 11.9 Å². The summed E-state index contributed by atoms with van der Waals surface area (Å²) in [5, 5.41) is 7.48. The van der Waals surface area contributed by atoms with E-state index < -0.39 is 0 Å². The molecule has 0 bridgehead atoms. The first-order valence-electron chi connectivity index (χ1n) is 6.92. The molecule has 5 nitrogen and oxygen atoms in total. The molecule has 0 aliphatic carbocycles. The maximum atomic E-state index is 11.8. The van der Waals surface area contributed by atoms with E-state index in [9.17, 15) is 4.79 Å². The molecule has 19 heavy (non-hydrogen) atoms. The number of ether oxygens (including phenoxy) is 1. The topological polar surface area (TPSA) is 56.1 Å². The third kappa shape index (κ3) is 4.06. The molecule has 1 atom stereocenters. The summed E-state index contributed by atoms with van der Waals surface area (Å²) in [7, 11) is 0. The zero-order chi connectivity index (χ0) is 14.4. The minimum absolute atomic E-state index is 0.0176. The first-order valence-corrected chi connectivity index (χ1v) is 6.92. The summed E-state index contributed by atoms with van der Waals surface area (Å²) in [5.74, 6) is 0.0176. The average Bonchev–Trinajstić information content (AvgIpc) is 2.64. The van der Waals surface area contributed by atoms with Gasteiger partial charge in [-0.15, -0.1) is 0 Å². The van der Waals surface area contributed by atoms with Gasteiger partial charge in [-0.1, -0.05) is 0 Å². The molecular formula is C14H25N3O2. The van der Waals surface area contributed by atoms with Crippen LogP contribution in [0.2, 0.25) is 0 Å². The van der Waals surface area contributed by atoms with Gasteiger partial charge in [-0.3, -0.25) is 9.48 Å². The summed E-state index contributed by atoms with van der Waals surface area (Å²) in [6.45, 7) is 12.0. The number of aromatic nitrogens is 2. The van der Waals surface area contributed by atoms with E-state index >= 15 is 0 Å². The Kier molecular flexibility index (Phi) is 6.02. The van der Waals surface area contributed by atoms with Crippen molar-refractivity contribution in [3.63, 3.8) is 0 Å². The van der Waals surface area contributed by atoms with Crippen LogP contribution in [0.4, 0.5) is 0 Å². The van der Waals surface area contributed by atoms with Crippen LogP contribution in [0, 0.1) is 13.8 Å². The highest BCUT2D eigenvalue weighted by atomic mass is 16.5. The molecule has 0 saturated heterocycles. The van der Waals surface area contributed by atoms with Gasteiger partial charge < -0.3 is 10.1 Å². The first-order chi connectivity index (χ1) is 9.01. The van der Waals surface area contributed by atoms with Gasteiger partial charge in [0.05, 0.1) is 18.3 Å². The summed E-state index contributed by atoms with van der Waals surface area (Å²) in [6.07, 6.45) is 0.401. The largest absolute Gasteiger partial charge is 0.381 e. The van der Waals surface area contributed by atoms with Crippen molar-refractivity contribution >= 4 is 5.91 Å². The Hall–Kier alpha value is -1.36. The molecular weight excluding hydrogens is 242 g/mol. The van der Waals surface area contributed by atoms with Gasteiger partial charge in [0.25, 0.3) is 0 Å². The Labute approximate surface area is 115 Å². The van der Waals surface area contributed by atoms with E-state index in [1.807, 2.05) is 32.4 Å². The predicted octanol–water partition coefficient (Wildman–Crippen LogP) is 2.12. The molecule has 0 radical (unpaired) electrons. The van der Waals surface area contributed by atoms with E-state index in [2.05, 4.69) is 17.3 Å². The van der Waals surface area contributed by atoms with Crippen molar-refractivity contribution in [3.05, 3.63) is 17.0 Å². The highest BCUT2D eigenvalue weighted by Crippen LogP contribution is 2.21. The van der Waals surface area contributed by atoms with Crippen LogP contribution < -0.4 is 5.32 Å². The van der Waals surface area contributed by atoms with Crippen LogP contribution >= 0.6 is 0 Å².